The van der Waals surface area contributed by atoms with Crippen molar-refractivity contribution >= 4 is 11.6 Å². The summed E-state index contributed by atoms with van der Waals surface area (Å²) in [7, 11) is 1.86. The fraction of sp³-hybridized carbons (Fsp3) is 0.412. The zero-order valence-electron chi connectivity index (χ0n) is 13.2. The van der Waals surface area contributed by atoms with Gasteiger partial charge in [-0.25, -0.2) is 0 Å². The van der Waals surface area contributed by atoms with Gasteiger partial charge in [-0.3, -0.25) is 14.4 Å². The van der Waals surface area contributed by atoms with Crippen LogP contribution in [0.1, 0.15) is 11.1 Å². The highest BCUT2D eigenvalue weighted by Gasteiger charge is 2.27. The summed E-state index contributed by atoms with van der Waals surface area (Å²) in [5.74, 6) is 1.15. The van der Waals surface area contributed by atoms with Gasteiger partial charge in [-0.05, 0) is 5.56 Å². The maximum absolute atomic E-state index is 12.5. The third-order valence-corrected chi connectivity index (χ3v) is 4.49. The fourth-order valence-electron chi connectivity index (χ4n) is 3.33. The van der Waals surface area contributed by atoms with Gasteiger partial charge in [0.25, 0.3) is 0 Å². The number of amides is 1. The van der Waals surface area contributed by atoms with Crippen LogP contribution in [0.2, 0.25) is 0 Å². The summed E-state index contributed by atoms with van der Waals surface area (Å²) in [5.41, 5.74) is 3.34. The van der Waals surface area contributed by atoms with E-state index in [1.54, 1.807) is 10.9 Å². The Bertz CT molecular complexity index is 740. The molecule has 1 amide bonds. The predicted octanol–water partition coefficient (Wildman–Crippen LogP) is 1.20. The highest BCUT2D eigenvalue weighted by molar-refractivity contribution is 5.95. The van der Waals surface area contributed by atoms with Crippen LogP contribution in [0.5, 0.6) is 5.75 Å². The van der Waals surface area contributed by atoms with Crippen LogP contribution in [0.15, 0.2) is 30.6 Å². The average Bonchev–Trinajstić information content (AvgIpc) is 3.17. The molecule has 1 aromatic heterocycles. The van der Waals surface area contributed by atoms with Crippen LogP contribution in [-0.2, 0) is 24.8 Å². The Morgan fingerprint density at radius 3 is 3.00 bits per heavy atom. The molecule has 0 radical (unpaired) electrons. The highest BCUT2D eigenvalue weighted by atomic mass is 16.5. The summed E-state index contributed by atoms with van der Waals surface area (Å²) >= 11 is 0. The minimum Gasteiger partial charge on any atom is -0.493 e. The molecule has 0 atom stereocenters. The Morgan fingerprint density at radius 2 is 2.22 bits per heavy atom. The molecule has 0 saturated carbocycles. The van der Waals surface area contributed by atoms with Gasteiger partial charge in [0.05, 0.1) is 25.0 Å². The number of aryl methyl sites for hydroxylation is 1. The molecule has 0 N–H and O–H groups in total. The maximum atomic E-state index is 12.5. The minimum atomic E-state index is 0.123. The molecule has 0 spiro atoms. The van der Waals surface area contributed by atoms with Gasteiger partial charge in [0, 0.05) is 44.9 Å². The third-order valence-electron chi connectivity index (χ3n) is 4.49. The van der Waals surface area contributed by atoms with Crippen LogP contribution in [0, 0.1) is 0 Å². The summed E-state index contributed by atoms with van der Waals surface area (Å²) in [6.45, 7) is 3.50. The van der Waals surface area contributed by atoms with Crippen molar-refractivity contribution in [2.45, 2.75) is 13.0 Å². The first-order chi connectivity index (χ1) is 11.2. The molecule has 2 aliphatic rings. The van der Waals surface area contributed by atoms with Gasteiger partial charge in [-0.2, -0.15) is 5.10 Å². The van der Waals surface area contributed by atoms with E-state index in [-0.39, 0.29) is 5.91 Å². The van der Waals surface area contributed by atoms with Crippen molar-refractivity contribution in [2.75, 3.05) is 31.1 Å². The number of para-hydroxylation sites is 1. The van der Waals surface area contributed by atoms with Crippen molar-refractivity contribution in [2.24, 2.45) is 7.05 Å². The number of piperazine rings is 1. The molecule has 4 rings (SSSR count). The van der Waals surface area contributed by atoms with Crippen molar-refractivity contribution in [3.63, 3.8) is 0 Å². The Morgan fingerprint density at radius 1 is 1.30 bits per heavy atom. The van der Waals surface area contributed by atoms with E-state index in [4.69, 9.17) is 4.74 Å². The smallest absolute Gasteiger partial charge is 0.241 e. The molecular weight excluding hydrogens is 292 g/mol. The molecule has 2 aliphatic heterocycles. The molecule has 0 aliphatic carbocycles. The molecule has 120 valence electrons. The van der Waals surface area contributed by atoms with Crippen molar-refractivity contribution in [3.05, 3.63) is 41.7 Å². The molecule has 2 aromatic rings. The first kappa shape index (κ1) is 14.3. The average molecular weight is 312 g/mol. The van der Waals surface area contributed by atoms with Crippen LogP contribution in [0.25, 0.3) is 0 Å². The number of hydrogen-bond donors (Lipinski definition) is 0. The number of rotatable bonds is 3. The summed E-state index contributed by atoms with van der Waals surface area (Å²) in [6, 6.07) is 6.30. The lowest BCUT2D eigenvalue weighted by Gasteiger charge is -2.33. The quantitative estimate of drug-likeness (QED) is 0.855. The van der Waals surface area contributed by atoms with E-state index in [0.29, 0.717) is 13.1 Å². The van der Waals surface area contributed by atoms with Gasteiger partial charge in [0.2, 0.25) is 5.91 Å². The van der Waals surface area contributed by atoms with Crippen LogP contribution < -0.4 is 9.64 Å². The van der Waals surface area contributed by atoms with Crippen molar-refractivity contribution in [1.82, 2.24) is 14.7 Å². The summed E-state index contributed by atoms with van der Waals surface area (Å²) in [5, 5.41) is 4.14. The fourth-order valence-corrected chi connectivity index (χ4v) is 3.33. The van der Waals surface area contributed by atoms with E-state index in [1.807, 2.05) is 18.1 Å². The lowest BCUT2D eigenvalue weighted by atomic mass is 10.1. The number of ether oxygens (including phenoxy) is 1. The van der Waals surface area contributed by atoms with E-state index >= 15 is 0 Å². The number of fused-ring (bicyclic) bond motifs is 1. The molecule has 3 heterocycles. The zero-order chi connectivity index (χ0) is 15.8. The van der Waals surface area contributed by atoms with Crippen LogP contribution in [-0.4, -0.2) is 46.8 Å². The standard InChI is InChI=1S/C17H20N4O2/c1-19-11-15(9-18-19)21-7-6-20(12-16(21)22)10-14-4-2-3-13-5-8-23-17(13)14/h2-4,9,11H,5-8,10,12H2,1H3. The monoisotopic (exact) mass is 312 g/mol. The third kappa shape index (κ3) is 2.70. The first-order valence-electron chi connectivity index (χ1n) is 7.95. The van der Waals surface area contributed by atoms with E-state index in [2.05, 4.69) is 28.2 Å². The van der Waals surface area contributed by atoms with Gasteiger partial charge in [-0.1, -0.05) is 18.2 Å². The number of nitrogens with zero attached hydrogens (tertiary/aromatic N) is 4. The summed E-state index contributed by atoms with van der Waals surface area (Å²) < 4.78 is 7.48. The lowest BCUT2D eigenvalue weighted by Crippen LogP contribution is -2.50. The second-order valence-corrected chi connectivity index (χ2v) is 6.13. The van der Waals surface area contributed by atoms with Crippen molar-refractivity contribution in [3.8, 4) is 5.75 Å². The first-order valence-corrected chi connectivity index (χ1v) is 7.95. The Hall–Kier alpha value is -2.34. The Labute approximate surface area is 135 Å². The number of benzene rings is 1. The molecule has 23 heavy (non-hydrogen) atoms. The SMILES string of the molecule is Cn1cc(N2CCN(Cc3cccc4c3OCC4)CC2=O)cn1. The Kier molecular flexibility index (Phi) is 3.53. The number of hydrogen-bond acceptors (Lipinski definition) is 4. The summed E-state index contributed by atoms with van der Waals surface area (Å²) in [6.07, 6.45) is 4.60. The lowest BCUT2D eigenvalue weighted by molar-refractivity contribution is -0.121. The van der Waals surface area contributed by atoms with Gasteiger partial charge < -0.3 is 9.64 Å². The van der Waals surface area contributed by atoms with Crippen molar-refractivity contribution < 1.29 is 9.53 Å². The van der Waals surface area contributed by atoms with Crippen LogP contribution in [0.3, 0.4) is 0 Å². The number of carbonyl (C=O) groups excluding carboxylic acids is 1. The molecule has 1 fully saturated rings. The zero-order valence-corrected chi connectivity index (χ0v) is 13.2. The normalized spacial score (nSPS) is 18.1. The number of carbonyl (C=O) groups is 1. The van der Waals surface area contributed by atoms with Gasteiger partial charge >= 0.3 is 0 Å². The second kappa shape index (κ2) is 5.70. The largest absolute Gasteiger partial charge is 0.493 e. The van der Waals surface area contributed by atoms with Gasteiger partial charge in [-0.15, -0.1) is 0 Å². The van der Waals surface area contributed by atoms with Crippen LogP contribution >= 0.6 is 0 Å². The van der Waals surface area contributed by atoms with Crippen molar-refractivity contribution in [1.29, 1.82) is 0 Å². The van der Waals surface area contributed by atoms with E-state index < -0.39 is 0 Å². The highest BCUT2D eigenvalue weighted by Crippen LogP contribution is 2.30. The second-order valence-electron chi connectivity index (χ2n) is 6.13. The summed E-state index contributed by atoms with van der Waals surface area (Å²) in [4.78, 5) is 16.5. The number of anilines is 1. The number of aromatic nitrogens is 2. The van der Waals surface area contributed by atoms with Crippen LogP contribution in [0.4, 0.5) is 5.69 Å². The van der Waals surface area contributed by atoms with E-state index in [0.717, 1.165) is 37.6 Å². The molecule has 0 bridgehead atoms. The Balaban J connectivity index is 1.45. The van der Waals surface area contributed by atoms with Gasteiger partial charge in [0.1, 0.15) is 5.75 Å². The molecular formula is C17H20N4O2. The topological polar surface area (TPSA) is 50.6 Å². The predicted molar refractivity (Wildman–Crippen MR) is 86.5 cm³/mol. The molecule has 1 saturated heterocycles. The molecule has 6 nitrogen and oxygen atoms in total. The van der Waals surface area contributed by atoms with Gasteiger partial charge in [0.15, 0.2) is 0 Å². The minimum absolute atomic E-state index is 0.123. The molecule has 0 unspecified atom stereocenters. The van der Waals surface area contributed by atoms with E-state index in [1.165, 1.54) is 11.1 Å². The van der Waals surface area contributed by atoms with E-state index in [9.17, 15) is 4.79 Å². The maximum Gasteiger partial charge on any atom is 0.241 e. The molecule has 1 aromatic carbocycles. The molecule has 6 heteroatoms.